The Kier molecular flexibility index (Phi) is 6.89. The molecule has 1 rings (SSSR count). The molecule has 5 heteroatoms. The van der Waals surface area contributed by atoms with Crippen molar-refractivity contribution in [1.82, 2.24) is 4.90 Å². The molecule has 2 unspecified atom stereocenters. The van der Waals surface area contributed by atoms with Crippen LogP contribution in [0.5, 0.6) is 5.75 Å². The van der Waals surface area contributed by atoms with E-state index in [2.05, 4.69) is 0 Å². The number of hydrogen-bond donors (Lipinski definition) is 1. The molecule has 0 saturated carbocycles. The van der Waals surface area contributed by atoms with Crippen molar-refractivity contribution < 1.29 is 19.4 Å². The number of carboxylic acids is 1. The Bertz CT molecular complexity index is 515. The highest BCUT2D eigenvalue weighted by Gasteiger charge is 2.19. The molecule has 0 radical (unpaired) electrons. The van der Waals surface area contributed by atoms with Gasteiger partial charge in [0.05, 0.1) is 13.0 Å². The topological polar surface area (TPSA) is 66.8 Å². The van der Waals surface area contributed by atoms with Crippen molar-refractivity contribution in [2.75, 3.05) is 20.7 Å². The van der Waals surface area contributed by atoms with Crippen molar-refractivity contribution in [3.63, 3.8) is 0 Å². The molecule has 1 amide bonds. The highest BCUT2D eigenvalue weighted by atomic mass is 16.5. The zero-order chi connectivity index (χ0) is 16.7. The number of carbonyl (C=O) groups is 2. The van der Waals surface area contributed by atoms with Gasteiger partial charge < -0.3 is 14.7 Å². The van der Waals surface area contributed by atoms with Crippen molar-refractivity contribution in [2.24, 2.45) is 11.8 Å². The second-order valence-electron chi connectivity index (χ2n) is 5.84. The third-order valence-corrected chi connectivity index (χ3v) is 3.68. The summed E-state index contributed by atoms with van der Waals surface area (Å²) in [7, 11) is 3.29. The number of methoxy groups -OCH3 is 1. The van der Waals surface area contributed by atoms with E-state index in [0.29, 0.717) is 6.42 Å². The number of para-hydroxylation sites is 1. The van der Waals surface area contributed by atoms with E-state index in [4.69, 9.17) is 9.84 Å². The van der Waals surface area contributed by atoms with Crippen LogP contribution in [0.15, 0.2) is 24.3 Å². The molecule has 0 aliphatic carbocycles. The minimum absolute atomic E-state index is 0.0319. The second kappa shape index (κ2) is 8.41. The Labute approximate surface area is 131 Å². The lowest BCUT2D eigenvalue weighted by molar-refractivity contribution is -0.142. The summed E-state index contributed by atoms with van der Waals surface area (Å²) in [5, 5.41) is 8.90. The van der Waals surface area contributed by atoms with Gasteiger partial charge >= 0.3 is 5.97 Å². The first-order valence-electron chi connectivity index (χ1n) is 7.43. The first-order valence-corrected chi connectivity index (χ1v) is 7.43. The van der Waals surface area contributed by atoms with Crippen LogP contribution >= 0.6 is 0 Å². The summed E-state index contributed by atoms with van der Waals surface area (Å²) >= 11 is 0. The van der Waals surface area contributed by atoms with Crippen molar-refractivity contribution in [2.45, 2.75) is 26.7 Å². The molecule has 0 aliphatic heterocycles. The molecule has 0 aromatic heterocycles. The third kappa shape index (κ3) is 5.39. The molecular weight excluding hydrogens is 282 g/mol. The number of nitrogens with zero attached hydrogens (tertiary/aromatic N) is 1. The molecule has 0 heterocycles. The van der Waals surface area contributed by atoms with Gasteiger partial charge in [0, 0.05) is 20.0 Å². The van der Waals surface area contributed by atoms with Crippen LogP contribution in [0.3, 0.4) is 0 Å². The zero-order valence-corrected chi connectivity index (χ0v) is 13.7. The van der Waals surface area contributed by atoms with Gasteiger partial charge in [-0.15, -0.1) is 0 Å². The van der Waals surface area contributed by atoms with E-state index in [1.54, 1.807) is 21.1 Å². The van der Waals surface area contributed by atoms with Gasteiger partial charge in [-0.1, -0.05) is 32.0 Å². The van der Waals surface area contributed by atoms with Gasteiger partial charge in [0.25, 0.3) is 0 Å². The van der Waals surface area contributed by atoms with Gasteiger partial charge in [0.15, 0.2) is 0 Å². The average molecular weight is 307 g/mol. The lowest BCUT2D eigenvalue weighted by Gasteiger charge is -2.21. The van der Waals surface area contributed by atoms with Gasteiger partial charge in [0.1, 0.15) is 5.75 Å². The Morgan fingerprint density at radius 2 is 1.91 bits per heavy atom. The summed E-state index contributed by atoms with van der Waals surface area (Å²) in [6.07, 6.45) is 1.14. The van der Waals surface area contributed by atoms with E-state index in [-0.39, 0.29) is 18.4 Å². The van der Waals surface area contributed by atoms with Crippen molar-refractivity contribution in [3.8, 4) is 5.75 Å². The lowest BCUT2D eigenvalue weighted by Crippen LogP contribution is -2.34. The molecule has 0 saturated heterocycles. The summed E-state index contributed by atoms with van der Waals surface area (Å²) in [6.45, 7) is 3.85. The summed E-state index contributed by atoms with van der Waals surface area (Å²) in [5.74, 6) is -0.489. The molecule has 2 atom stereocenters. The number of carboxylic acid groups (broad SMARTS) is 1. The maximum Gasteiger partial charge on any atom is 0.308 e. The van der Waals surface area contributed by atoms with E-state index in [9.17, 15) is 9.59 Å². The molecule has 1 N–H and O–H groups in total. The van der Waals surface area contributed by atoms with Gasteiger partial charge in [-0.25, -0.2) is 0 Å². The fourth-order valence-corrected chi connectivity index (χ4v) is 2.36. The van der Waals surface area contributed by atoms with Gasteiger partial charge in [-0.3, -0.25) is 9.59 Å². The molecule has 122 valence electrons. The van der Waals surface area contributed by atoms with Crippen LogP contribution in [0.25, 0.3) is 0 Å². The minimum Gasteiger partial charge on any atom is -0.496 e. The van der Waals surface area contributed by atoms with Gasteiger partial charge in [-0.05, 0) is 24.0 Å². The predicted molar refractivity (Wildman–Crippen MR) is 84.9 cm³/mol. The average Bonchev–Trinajstić information content (AvgIpc) is 2.47. The molecule has 1 aromatic carbocycles. The third-order valence-electron chi connectivity index (χ3n) is 3.68. The Morgan fingerprint density at radius 1 is 1.27 bits per heavy atom. The van der Waals surface area contributed by atoms with Crippen LogP contribution in [0, 0.1) is 11.8 Å². The number of carbonyl (C=O) groups excluding carboxylic acids is 1. The number of benzene rings is 1. The summed E-state index contributed by atoms with van der Waals surface area (Å²) < 4.78 is 5.32. The number of rotatable bonds is 8. The van der Waals surface area contributed by atoms with Crippen LogP contribution in [-0.2, 0) is 16.0 Å². The first-order chi connectivity index (χ1) is 10.3. The van der Waals surface area contributed by atoms with Gasteiger partial charge in [-0.2, -0.15) is 0 Å². The fourth-order valence-electron chi connectivity index (χ4n) is 2.36. The zero-order valence-electron chi connectivity index (χ0n) is 13.7. The van der Waals surface area contributed by atoms with Crippen LogP contribution in [-0.4, -0.2) is 42.6 Å². The molecule has 22 heavy (non-hydrogen) atoms. The number of ether oxygens (including phenoxy) is 1. The fraction of sp³-hybridized carbons (Fsp3) is 0.529. The van der Waals surface area contributed by atoms with E-state index < -0.39 is 11.9 Å². The largest absolute Gasteiger partial charge is 0.496 e. The highest BCUT2D eigenvalue weighted by molar-refractivity contribution is 5.77. The molecule has 0 bridgehead atoms. The number of aliphatic carboxylic acids is 1. The van der Waals surface area contributed by atoms with Crippen LogP contribution in [0.1, 0.15) is 25.8 Å². The van der Waals surface area contributed by atoms with E-state index >= 15 is 0 Å². The van der Waals surface area contributed by atoms with Crippen LogP contribution in [0.2, 0.25) is 0 Å². The summed E-state index contributed by atoms with van der Waals surface area (Å²) in [4.78, 5) is 24.5. The normalized spacial score (nSPS) is 13.3. The van der Waals surface area contributed by atoms with E-state index in [1.165, 1.54) is 4.90 Å². The van der Waals surface area contributed by atoms with Crippen molar-refractivity contribution >= 4 is 11.9 Å². The minimum atomic E-state index is -0.887. The maximum absolute atomic E-state index is 12.2. The molecule has 0 aliphatic rings. The second-order valence-corrected chi connectivity index (χ2v) is 5.84. The van der Waals surface area contributed by atoms with Crippen LogP contribution < -0.4 is 4.74 Å². The smallest absolute Gasteiger partial charge is 0.308 e. The molecule has 0 spiro atoms. The monoisotopic (exact) mass is 307 g/mol. The van der Waals surface area contributed by atoms with E-state index in [1.807, 2.05) is 31.2 Å². The number of hydrogen-bond acceptors (Lipinski definition) is 3. The molecular formula is C17H25NO4. The molecule has 0 fully saturated rings. The molecule has 1 aromatic rings. The Hall–Kier alpha value is -2.04. The number of amides is 1. The predicted octanol–water partition coefficient (Wildman–Crippen LogP) is 2.44. The first kappa shape index (κ1) is 18.0. The van der Waals surface area contributed by atoms with Crippen LogP contribution in [0.4, 0.5) is 0 Å². The standard InChI is InChI=1S/C17H25NO4/c1-12(9-14-7-5-6-8-15(14)22-4)10-16(19)18(3)11-13(2)17(20)21/h5-8,12-13H,9-11H2,1-4H3,(H,20,21). The summed E-state index contributed by atoms with van der Waals surface area (Å²) in [6, 6.07) is 7.77. The maximum atomic E-state index is 12.2. The van der Waals surface area contributed by atoms with Gasteiger partial charge in [0.2, 0.25) is 5.91 Å². The Morgan fingerprint density at radius 3 is 2.50 bits per heavy atom. The lowest BCUT2D eigenvalue weighted by atomic mass is 9.96. The molecule has 5 nitrogen and oxygen atoms in total. The SMILES string of the molecule is COc1ccccc1CC(C)CC(=O)N(C)CC(C)C(=O)O. The van der Waals surface area contributed by atoms with E-state index in [0.717, 1.165) is 17.7 Å². The summed E-state index contributed by atoms with van der Waals surface area (Å²) in [5.41, 5.74) is 1.08. The van der Waals surface area contributed by atoms with Crippen molar-refractivity contribution in [3.05, 3.63) is 29.8 Å². The van der Waals surface area contributed by atoms with Crippen molar-refractivity contribution in [1.29, 1.82) is 0 Å². The Balaban J connectivity index is 2.55. The quantitative estimate of drug-likeness (QED) is 0.801. The highest BCUT2D eigenvalue weighted by Crippen LogP contribution is 2.22.